The fourth-order valence-electron chi connectivity index (χ4n) is 2.89. The number of amides is 3. The van der Waals surface area contributed by atoms with E-state index in [0.717, 1.165) is 10.5 Å². The summed E-state index contributed by atoms with van der Waals surface area (Å²) in [5.41, 5.74) is 0.927. The van der Waals surface area contributed by atoms with Gasteiger partial charge in [-0.1, -0.05) is 64.1 Å². The number of imide groups is 1. The van der Waals surface area contributed by atoms with Crippen LogP contribution < -0.4 is 5.32 Å². The molecule has 0 spiro atoms. The number of ether oxygens (including phenoxy) is 1. The van der Waals surface area contributed by atoms with Crippen LogP contribution in [0.4, 0.5) is 5.69 Å². The molecule has 1 aliphatic rings. The monoisotopic (exact) mass is 536 g/mol. The Bertz CT molecular complexity index is 1120. The Morgan fingerprint density at radius 3 is 2.03 bits per heavy atom. The average Bonchev–Trinajstić information content (AvgIpc) is 3.00. The molecule has 3 rings (SSSR count). The number of rotatable bonds is 6. The number of benzene rings is 2. The van der Waals surface area contributed by atoms with Crippen molar-refractivity contribution in [2.75, 3.05) is 18.5 Å². The Kier molecular flexibility index (Phi) is 7.57. The molecule has 0 bridgehead atoms. The summed E-state index contributed by atoms with van der Waals surface area (Å²) in [6.45, 7) is 0.937. The van der Waals surface area contributed by atoms with Crippen molar-refractivity contribution in [1.82, 2.24) is 4.90 Å². The second-order valence-electron chi connectivity index (χ2n) is 6.69. The number of halogens is 5. The van der Waals surface area contributed by atoms with Crippen molar-refractivity contribution >= 4 is 87.4 Å². The van der Waals surface area contributed by atoms with E-state index in [4.69, 9.17) is 62.7 Å². The van der Waals surface area contributed by atoms with Gasteiger partial charge in [-0.15, -0.1) is 0 Å². The van der Waals surface area contributed by atoms with Crippen LogP contribution in [0.25, 0.3) is 0 Å². The van der Waals surface area contributed by atoms with Crippen LogP contribution in [0, 0.1) is 6.92 Å². The summed E-state index contributed by atoms with van der Waals surface area (Å²) in [5.74, 6) is -2.91. The van der Waals surface area contributed by atoms with Gasteiger partial charge >= 0.3 is 5.97 Å². The van der Waals surface area contributed by atoms with E-state index in [1.54, 1.807) is 18.2 Å². The number of fused-ring (bicyclic) bond motifs is 1. The molecule has 0 saturated carbocycles. The van der Waals surface area contributed by atoms with E-state index in [9.17, 15) is 19.2 Å². The summed E-state index contributed by atoms with van der Waals surface area (Å²) in [4.78, 5) is 50.0. The zero-order valence-corrected chi connectivity index (χ0v) is 20.0. The number of hydrogen-bond acceptors (Lipinski definition) is 5. The highest BCUT2D eigenvalue weighted by Crippen LogP contribution is 2.44. The molecule has 2 aromatic carbocycles. The zero-order valence-electron chi connectivity index (χ0n) is 16.2. The maximum atomic E-state index is 12.6. The van der Waals surface area contributed by atoms with Gasteiger partial charge in [-0.25, -0.2) is 0 Å². The van der Waals surface area contributed by atoms with Crippen LogP contribution in [0.5, 0.6) is 0 Å². The molecule has 12 heteroatoms. The summed E-state index contributed by atoms with van der Waals surface area (Å²) in [6, 6.07) is 4.94. The highest BCUT2D eigenvalue weighted by Gasteiger charge is 2.41. The van der Waals surface area contributed by atoms with E-state index in [2.05, 4.69) is 5.32 Å². The largest absolute Gasteiger partial charge is 0.456 e. The number of hydrogen-bond donors (Lipinski definition) is 1. The molecule has 0 unspecified atom stereocenters. The molecule has 32 heavy (non-hydrogen) atoms. The minimum Gasteiger partial charge on any atom is -0.456 e. The molecule has 1 heterocycles. The number of anilines is 1. The molecular formula is C20H13Cl5N2O5. The molecule has 168 valence electrons. The molecule has 3 amide bonds. The topological polar surface area (TPSA) is 92.8 Å². The van der Waals surface area contributed by atoms with Crippen LogP contribution >= 0.6 is 58.0 Å². The second kappa shape index (κ2) is 9.85. The van der Waals surface area contributed by atoms with Crippen LogP contribution in [-0.4, -0.2) is 41.7 Å². The molecule has 2 aromatic rings. The zero-order chi connectivity index (χ0) is 23.7. The minimum atomic E-state index is -0.799. The van der Waals surface area contributed by atoms with Gasteiger partial charge < -0.3 is 10.1 Å². The Morgan fingerprint density at radius 1 is 0.938 bits per heavy atom. The first-order valence-electron chi connectivity index (χ1n) is 8.96. The highest BCUT2D eigenvalue weighted by atomic mass is 35.5. The summed E-state index contributed by atoms with van der Waals surface area (Å²) in [5, 5.41) is 2.31. The number of nitrogens with zero attached hydrogens (tertiary/aromatic N) is 1. The molecule has 7 nitrogen and oxygen atoms in total. The predicted molar refractivity (Wildman–Crippen MR) is 122 cm³/mol. The van der Waals surface area contributed by atoms with Gasteiger partial charge in [0, 0.05) is 17.3 Å². The lowest BCUT2D eigenvalue weighted by molar-refractivity contribution is -0.147. The lowest BCUT2D eigenvalue weighted by Gasteiger charge is -2.13. The molecule has 0 saturated heterocycles. The third kappa shape index (κ3) is 4.82. The Labute approximate surface area is 207 Å². The number of aryl methyl sites for hydroxylation is 1. The Hall–Kier alpha value is -2.03. The molecule has 0 radical (unpaired) electrons. The van der Waals surface area contributed by atoms with Gasteiger partial charge in [-0.3, -0.25) is 24.1 Å². The van der Waals surface area contributed by atoms with E-state index in [1.807, 2.05) is 6.92 Å². The van der Waals surface area contributed by atoms with Crippen molar-refractivity contribution in [2.45, 2.75) is 13.3 Å². The van der Waals surface area contributed by atoms with Gasteiger partial charge in [-0.2, -0.15) is 0 Å². The number of carbonyl (C=O) groups is 4. The van der Waals surface area contributed by atoms with Crippen LogP contribution in [0.3, 0.4) is 0 Å². The van der Waals surface area contributed by atoms with Crippen LogP contribution in [0.1, 0.15) is 32.7 Å². The molecular weight excluding hydrogens is 525 g/mol. The van der Waals surface area contributed by atoms with Crippen molar-refractivity contribution in [3.8, 4) is 0 Å². The van der Waals surface area contributed by atoms with Gasteiger partial charge in [-0.05, 0) is 24.6 Å². The van der Waals surface area contributed by atoms with Gasteiger partial charge in [0.05, 0.1) is 37.6 Å². The predicted octanol–water partition coefficient (Wildman–Crippen LogP) is 5.43. The SMILES string of the molecule is Cc1ccc(NC(=O)COC(=O)CCN2C(=O)c3c(Cl)c(Cl)c(Cl)c(Cl)c3C2=O)cc1Cl. The number of esters is 1. The van der Waals surface area contributed by atoms with Gasteiger partial charge in [0.1, 0.15) is 0 Å². The summed E-state index contributed by atoms with van der Waals surface area (Å²) < 4.78 is 4.90. The molecule has 0 atom stereocenters. The van der Waals surface area contributed by atoms with Crippen molar-refractivity contribution in [3.05, 3.63) is 60.0 Å². The molecule has 1 N–H and O–H groups in total. The van der Waals surface area contributed by atoms with Crippen molar-refractivity contribution < 1.29 is 23.9 Å². The van der Waals surface area contributed by atoms with E-state index in [1.165, 1.54) is 0 Å². The van der Waals surface area contributed by atoms with Crippen LogP contribution in [0.15, 0.2) is 18.2 Å². The van der Waals surface area contributed by atoms with Crippen molar-refractivity contribution in [3.63, 3.8) is 0 Å². The van der Waals surface area contributed by atoms with Crippen LogP contribution in [0.2, 0.25) is 25.1 Å². The summed E-state index contributed by atoms with van der Waals surface area (Å²) in [6.07, 6.45) is -0.355. The average molecular weight is 539 g/mol. The van der Waals surface area contributed by atoms with Gasteiger partial charge in [0.25, 0.3) is 17.7 Å². The molecule has 0 aliphatic carbocycles. The molecule has 1 aliphatic heterocycles. The first-order valence-corrected chi connectivity index (χ1v) is 10.9. The number of nitrogens with one attached hydrogen (secondary N) is 1. The minimum absolute atomic E-state index is 0.152. The Morgan fingerprint density at radius 2 is 1.50 bits per heavy atom. The maximum Gasteiger partial charge on any atom is 0.308 e. The highest BCUT2D eigenvalue weighted by molar-refractivity contribution is 6.55. The lowest BCUT2D eigenvalue weighted by atomic mass is 10.1. The Balaban J connectivity index is 1.57. The maximum absolute atomic E-state index is 12.6. The fourth-order valence-corrected chi connectivity index (χ4v) is 4.08. The van der Waals surface area contributed by atoms with Crippen molar-refractivity contribution in [1.29, 1.82) is 0 Å². The van der Waals surface area contributed by atoms with E-state index in [0.29, 0.717) is 10.7 Å². The number of carbonyl (C=O) groups excluding carboxylic acids is 4. The lowest BCUT2D eigenvalue weighted by Crippen LogP contribution is -2.32. The van der Waals surface area contributed by atoms with E-state index >= 15 is 0 Å². The molecule has 0 fully saturated rings. The quantitative estimate of drug-likeness (QED) is 0.229. The van der Waals surface area contributed by atoms with Crippen molar-refractivity contribution in [2.24, 2.45) is 0 Å². The summed E-state index contributed by atoms with van der Waals surface area (Å²) >= 11 is 30.0. The standard InChI is InChI=1S/C20H13Cl5N2O5/c1-8-2-3-9(6-10(8)21)26-11(28)7-32-12(29)4-5-27-19(30)13-14(20(27)31)16(23)18(25)17(24)15(13)22/h2-3,6H,4-5,7H2,1H3,(H,26,28). The van der Waals surface area contributed by atoms with E-state index in [-0.39, 0.29) is 44.2 Å². The van der Waals surface area contributed by atoms with Gasteiger partial charge in [0.2, 0.25) is 0 Å². The van der Waals surface area contributed by atoms with E-state index < -0.39 is 30.3 Å². The first kappa shape index (κ1) is 24.6. The fraction of sp³-hybridized carbons (Fsp3) is 0.200. The molecule has 0 aromatic heterocycles. The second-order valence-corrected chi connectivity index (χ2v) is 8.61. The van der Waals surface area contributed by atoms with Gasteiger partial charge in [0.15, 0.2) is 6.61 Å². The van der Waals surface area contributed by atoms with Crippen LogP contribution in [-0.2, 0) is 14.3 Å². The first-order chi connectivity index (χ1) is 15.0. The third-order valence-corrected chi connectivity index (χ3v) is 6.75. The summed E-state index contributed by atoms with van der Waals surface area (Å²) in [7, 11) is 0. The smallest absolute Gasteiger partial charge is 0.308 e. The normalized spacial score (nSPS) is 12.8. The third-order valence-electron chi connectivity index (χ3n) is 4.54.